The fourth-order valence-corrected chi connectivity index (χ4v) is 4.57. The van der Waals surface area contributed by atoms with E-state index in [1.807, 2.05) is 6.07 Å². The quantitative estimate of drug-likeness (QED) is 0.467. The van der Waals surface area contributed by atoms with Crippen LogP contribution in [0, 0.1) is 10.1 Å². The molecule has 0 radical (unpaired) electrons. The molecule has 0 bridgehead atoms. The largest absolute Gasteiger partial charge is 0.352 e. The van der Waals surface area contributed by atoms with E-state index in [1.54, 1.807) is 35.3 Å². The molecule has 0 unspecified atom stereocenters. The molecule has 0 amide bonds. The molecule has 0 saturated heterocycles. The Morgan fingerprint density at radius 1 is 1.21 bits per heavy atom. The zero-order valence-electron chi connectivity index (χ0n) is 15.7. The maximum atomic E-state index is 12.1. The van der Waals surface area contributed by atoms with E-state index in [9.17, 15) is 18.5 Å². The summed E-state index contributed by atoms with van der Waals surface area (Å²) in [5.41, 5.74) is 2.26. The summed E-state index contributed by atoms with van der Waals surface area (Å²) >= 11 is 0. The molecular formula is C19H19N5O4S. The van der Waals surface area contributed by atoms with Crippen LogP contribution in [0.2, 0.25) is 0 Å². The summed E-state index contributed by atoms with van der Waals surface area (Å²) in [4.78, 5) is 17.2. The predicted octanol–water partition coefficient (Wildman–Crippen LogP) is 2.67. The fraction of sp³-hybridized carbons (Fsp3) is 0.263. The molecule has 0 fully saturated rings. The second kappa shape index (κ2) is 7.28. The summed E-state index contributed by atoms with van der Waals surface area (Å²) in [6.45, 7) is 1.17. The number of hydrogen-bond donors (Lipinski definition) is 0. The number of benzene rings is 2. The van der Waals surface area contributed by atoms with Crippen LogP contribution in [0.25, 0.3) is 11.4 Å². The van der Waals surface area contributed by atoms with Gasteiger partial charge in [0.1, 0.15) is 13.0 Å². The summed E-state index contributed by atoms with van der Waals surface area (Å²) in [6.07, 6.45) is 4.35. The third-order valence-electron chi connectivity index (χ3n) is 4.87. The van der Waals surface area contributed by atoms with Crippen molar-refractivity contribution in [3.05, 3.63) is 64.5 Å². The maximum Gasteiger partial charge on any atom is 0.270 e. The molecule has 0 N–H and O–H groups in total. The molecule has 1 aliphatic rings. The van der Waals surface area contributed by atoms with Crippen LogP contribution in [0.3, 0.4) is 0 Å². The Balaban J connectivity index is 1.61. The van der Waals surface area contributed by atoms with Gasteiger partial charge in [-0.25, -0.2) is 18.1 Å². The minimum Gasteiger partial charge on any atom is -0.352 e. The highest BCUT2D eigenvalue weighted by Gasteiger charge is 2.23. The van der Waals surface area contributed by atoms with Crippen LogP contribution in [0.1, 0.15) is 12.0 Å². The number of sulfone groups is 1. The van der Waals surface area contributed by atoms with Gasteiger partial charge in [-0.3, -0.25) is 10.1 Å². The summed E-state index contributed by atoms with van der Waals surface area (Å²) in [6, 6.07) is 11.5. The fourth-order valence-electron chi connectivity index (χ4n) is 3.59. The lowest BCUT2D eigenvalue weighted by atomic mass is 10.0. The van der Waals surface area contributed by atoms with Crippen LogP contribution in [0.15, 0.2) is 53.7 Å². The zero-order chi connectivity index (χ0) is 20.6. The lowest BCUT2D eigenvalue weighted by Gasteiger charge is -2.31. The van der Waals surface area contributed by atoms with Gasteiger partial charge in [0.25, 0.3) is 5.69 Å². The van der Waals surface area contributed by atoms with Gasteiger partial charge in [-0.2, -0.15) is 0 Å². The number of aromatic nitrogens is 3. The Kier molecular flexibility index (Phi) is 4.79. The monoisotopic (exact) mass is 413 g/mol. The van der Waals surface area contributed by atoms with E-state index >= 15 is 0 Å². The van der Waals surface area contributed by atoms with E-state index in [0.29, 0.717) is 29.4 Å². The highest BCUT2D eigenvalue weighted by Crippen LogP contribution is 2.32. The molecular weight excluding hydrogens is 394 g/mol. The molecule has 0 aliphatic carbocycles. The van der Waals surface area contributed by atoms with E-state index in [1.165, 1.54) is 18.4 Å². The van der Waals surface area contributed by atoms with Crippen molar-refractivity contribution in [2.75, 3.05) is 17.7 Å². The molecule has 0 spiro atoms. The molecule has 1 aromatic heterocycles. The minimum absolute atomic E-state index is 0.0166. The molecule has 10 heteroatoms. The third kappa shape index (κ3) is 3.83. The zero-order valence-corrected chi connectivity index (χ0v) is 16.5. The van der Waals surface area contributed by atoms with Crippen LogP contribution in [0.4, 0.5) is 11.4 Å². The molecule has 1 aliphatic heterocycles. The van der Waals surface area contributed by atoms with Crippen molar-refractivity contribution in [3.63, 3.8) is 0 Å². The molecule has 9 nitrogen and oxygen atoms in total. The second-order valence-electron chi connectivity index (χ2n) is 6.95. The topological polar surface area (TPSA) is 111 Å². The molecule has 150 valence electrons. The molecule has 3 aromatic rings. The highest BCUT2D eigenvalue weighted by molar-refractivity contribution is 7.90. The minimum atomic E-state index is -3.30. The van der Waals surface area contributed by atoms with Crippen molar-refractivity contribution in [2.24, 2.45) is 0 Å². The van der Waals surface area contributed by atoms with Crippen LogP contribution in [-0.4, -0.2) is 40.9 Å². The lowest BCUT2D eigenvalue weighted by molar-refractivity contribution is -0.384. The normalized spacial score (nSPS) is 13.9. The standard InChI is InChI=1S/C19H19N5O4S/c1-29(27,28)18-9-3-8-17-16(18)7-4-10-22(17)13-23-12-20-19(21-23)14-5-2-6-15(11-14)24(25)26/h2-3,5-6,8-9,11-12H,4,7,10,13H2,1H3. The highest BCUT2D eigenvalue weighted by atomic mass is 32.2. The van der Waals surface area contributed by atoms with Gasteiger partial charge < -0.3 is 4.90 Å². The van der Waals surface area contributed by atoms with Crippen LogP contribution in [-0.2, 0) is 22.9 Å². The first-order valence-corrected chi connectivity index (χ1v) is 10.9. The van der Waals surface area contributed by atoms with E-state index in [0.717, 1.165) is 24.2 Å². The SMILES string of the molecule is CS(=O)(=O)c1cccc2c1CCCN2Cn1cnc(-c2cccc([N+](=O)[O-])c2)n1. The number of non-ortho nitro benzene ring substituents is 1. The Morgan fingerprint density at radius 2 is 2.00 bits per heavy atom. The van der Waals surface area contributed by atoms with Crippen molar-refractivity contribution < 1.29 is 13.3 Å². The Labute approximate surface area is 167 Å². The number of hydrogen-bond acceptors (Lipinski definition) is 7. The Bertz CT molecular complexity index is 1190. The number of anilines is 1. The smallest absolute Gasteiger partial charge is 0.270 e. The van der Waals surface area contributed by atoms with Crippen LogP contribution < -0.4 is 4.90 Å². The third-order valence-corrected chi connectivity index (χ3v) is 6.05. The first-order valence-electron chi connectivity index (χ1n) is 9.04. The van der Waals surface area contributed by atoms with Gasteiger partial charge >= 0.3 is 0 Å². The molecule has 0 atom stereocenters. The number of rotatable bonds is 5. The van der Waals surface area contributed by atoms with Gasteiger partial charge in [-0.05, 0) is 30.5 Å². The number of fused-ring (bicyclic) bond motifs is 1. The van der Waals surface area contributed by atoms with Gasteiger partial charge in [-0.1, -0.05) is 18.2 Å². The van der Waals surface area contributed by atoms with Crippen molar-refractivity contribution >= 4 is 21.2 Å². The van der Waals surface area contributed by atoms with E-state index in [2.05, 4.69) is 15.0 Å². The van der Waals surface area contributed by atoms with E-state index < -0.39 is 14.8 Å². The first-order chi connectivity index (χ1) is 13.8. The Hall–Kier alpha value is -3.27. The van der Waals surface area contributed by atoms with Gasteiger partial charge in [0.2, 0.25) is 0 Å². The molecule has 4 rings (SSSR count). The van der Waals surface area contributed by atoms with Gasteiger partial charge in [-0.15, -0.1) is 5.10 Å². The summed E-state index contributed by atoms with van der Waals surface area (Å²) in [7, 11) is -3.30. The summed E-state index contributed by atoms with van der Waals surface area (Å²) in [5.74, 6) is 0.399. The first kappa shape index (κ1) is 19.1. The van der Waals surface area contributed by atoms with Crippen molar-refractivity contribution in [1.29, 1.82) is 0 Å². The second-order valence-corrected chi connectivity index (χ2v) is 8.93. The van der Waals surface area contributed by atoms with Crippen LogP contribution in [0.5, 0.6) is 0 Å². The molecule has 0 saturated carbocycles. The predicted molar refractivity (Wildman–Crippen MR) is 107 cm³/mol. The van der Waals surface area contributed by atoms with Gasteiger partial charge in [0, 0.05) is 36.2 Å². The average molecular weight is 413 g/mol. The van der Waals surface area contributed by atoms with Gasteiger partial charge in [0.15, 0.2) is 15.7 Å². The van der Waals surface area contributed by atoms with Gasteiger partial charge in [0.05, 0.1) is 9.82 Å². The van der Waals surface area contributed by atoms with E-state index in [-0.39, 0.29) is 5.69 Å². The molecule has 29 heavy (non-hydrogen) atoms. The summed E-state index contributed by atoms with van der Waals surface area (Å²) in [5, 5.41) is 15.4. The van der Waals surface area contributed by atoms with Crippen molar-refractivity contribution in [2.45, 2.75) is 24.4 Å². The van der Waals surface area contributed by atoms with Crippen molar-refractivity contribution in [3.8, 4) is 11.4 Å². The van der Waals surface area contributed by atoms with Crippen molar-refractivity contribution in [1.82, 2.24) is 14.8 Å². The lowest BCUT2D eigenvalue weighted by Crippen LogP contribution is -2.32. The number of nitro benzene ring substituents is 1. The van der Waals surface area contributed by atoms with Crippen LogP contribution >= 0.6 is 0 Å². The number of nitrogens with zero attached hydrogens (tertiary/aromatic N) is 5. The number of nitro groups is 1. The average Bonchev–Trinajstić information content (AvgIpc) is 3.16. The summed E-state index contributed by atoms with van der Waals surface area (Å²) < 4.78 is 25.9. The molecule has 2 aromatic carbocycles. The maximum absolute atomic E-state index is 12.1. The molecule has 2 heterocycles. The van der Waals surface area contributed by atoms with E-state index in [4.69, 9.17) is 0 Å². The Morgan fingerprint density at radius 3 is 2.76 bits per heavy atom.